The smallest absolute Gasteiger partial charge is 0.448 e. The van der Waals surface area contributed by atoms with Crippen molar-refractivity contribution in [3.8, 4) is 0 Å². The molecular formula is C4H6O5. The molecule has 0 saturated carbocycles. The molecule has 0 bridgehead atoms. The minimum absolute atomic E-state index is 0.0767. The molecule has 0 aromatic carbocycles. The van der Waals surface area contributed by atoms with Crippen LogP contribution in [0, 0.1) is 0 Å². The molecule has 0 aliphatic rings. The summed E-state index contributed by atoms with van der Waals surface area (Å²) in [5, 5.41) is 11.4. The van der Waals surface area contributed by atoms with Crippen molar-refractivity contribution in [1.82, 2.24) is 0 Å². The van der Waals surface area contributed by atoms with Crippen molar-refractivity contribution in [2.75, 3.05) is 6.61 Å². The van der Waals surface area contributed by atoms with E-state index in [1.165, 1.54) is 6.08 Å². The SMILES string of the molecule is C=CCOOOC(=O)O. The second-order valence-electron chi connectivity index (χ2n) is 0.990. The number of carbonyl (C=O) groups is 1. The molecule has 0 fully saturated rings. The summed E-state index contributed by atoms with van der Waals surface area (Å²) in [6, 6.07) is 0. The molecule has 0 aromatic heterocycles. The summed E-state index contributed by atoms with van der Waals surface area (Å²) in [5.41, 5.74) is 0. The van der Waals surface area contributed by atoms with Crippen LogP contribution in [-0.4, -0.2) is 17.9 Å². The minimum Gasteiger partial charge on any atom is -0.448 e. The van der Waals surface area contributed by atoms with Crippen molar-refractivity contribution < 1.29 is 24.7 Å². The molecule has 0 radical (unpaired) electrons. The summed E-state index contributed by atoms with van der Waals surface area (Å²) in [6.07, 6.45) is -0.176. The molecule has 0 amide bonds. The summed E-state index contributed by atoms with van der Waals surface area (Å²) in [6.45, 7) is 3.35. The molecule has 0 unspecified atom stereocenters. The number of rotatable bonds is 4. The van der Waals surface area contributed by atoms with E-state index in [4.69, 9.17) is 5.11 Å². The van der Waals surface area contributed by atoms with Gasteiger partial charge in [0.15, 0.2) is 0 Å². The first-order valence-corrected chi connectivity index (χ1v) is 2.07. The topological polar surface area (TPSA) is 65.0 Å². The van der Waals surface area contributed by atoms with Gasteiger partial charge in [0.2, 0.25) is 0 Å². The maximum Gasteiger partial charge on any atom is 0.540 e. The van der Waals surface area contributed by atoms with Crippen molar-refractivity contribution in [1.29, 1.82) is 0 Å². The van der Waals surface area contributed by atoms with Gasteiger partial charge in [0.1, 0.15) is 6.61 Å². The highest BCUT2D eigenvalue weighted by Crippen LogP contribution is 1.81. The fourth-order valence-electron chi connectivity index (χ4n) is 0.129. The van der Waals surface area contributed by atoms with Gasteiger partial charge in [0.25, 0.3) is 0 Å². The standard InChI is InChI=1S/C4H6O5/c1-2-3-7-9-8-4(5)6/h2H,1,3H2,(H,5,6). The highest BCUT2D eigenvalue weighted by atomic mass is 17.5. The maximum absolute atomic E-state index is 9.51. The quantitative estimate of drug-likeness (QED) is 0.266. The number of hydrogen-bond donors (Lipinski definition) is 1. The van der Waals surface area contributed by atoms with Gasteiger partial charge in [-0.15, -0.1) is 6.58 Å². The van der Waals surface area contributed by atoms with Crippen LogP contribution in [0.2, 0.25) is 0 Å². The third-order valence-corrected chi connectivity index (χ3v) is 0.339. The average molecular weight is 134 g/mol. The van der Waals surface area contributed by atoms with Crippen LogP contribution in [0.25, 0.3) is 0 Å². The largest absolute Gasteiger partial charge is 0.540 e. The van der Waals surface area contributed by atoms with E-state index in [9.17, 15) is 4.79 Å². The van der Waals surface area contributed by atoms with Crippen LogP contribution < -0.4 is 0 Å². The third kappa shape index (κ3) is 6.93. The lowest BCUT2D eigenvalue weighted by Gasteiger charge is -1.93. The Kier molecular flexibility index (Phi) is 4.47. The molecular weight excluding hydrogens is 128 g/mol. The summed E-state index contributed by atoms with van der Waals surface area (Å²) in [7, 11) is 0. The number of carboxylic acid groups (broad SMARTS) is 1. The van der Waals surface area contributed by atoms with Gasteiger partial charge in [-0.1, -0.05) is 6.08 Å². The maximum atomic E-state index is 9.51. The first kappa shape index (κ1) is 7.93. The molecule has 0 atom stereocenters. The zero-order valence-electron chi connectivity index (χ0n) is 4.57. The van der Waals surface area contributed by atoms with E-state index in [2.05, 4.69) is 21.4 Å². The number of hydrogen-bond acceptors (Lipinski definition) is 4. The fourth-order valence-corrected chi connectivity index (χ4v) is 0.129. The Balaban J connectivity index is 2.91. The Morgan fingerprint density at radius 1 is 1.78 bits per heavy atom. The van der Waals surface area contributed by atoms with Crippen LogP contribution in [0.1, 0.15) is 0 Å². The molecule has 0 saturated heterocycles. The minimum atomic E-state index is -1.56. The highest BCUT2D eigenvalue weighted by Gasteiger charge is 1.94. The Morgan fingerprint density at radius 2 is 2.44 bits per heavy atom. The van der Waals surface area contributed by atoms with E-state index in [0.29, 0.717) is 0 Å². The molecule has 0 aromatic rings. The zero-order valence-corrected chi connectivity index (χ0v) is 4.57. The van der Waals surface area contributed by atoms with Gasteiger partial charge in [-0.05, 0) is 5.04 Å². The third-order valence-electron chi connectivity index (χ3n) is 0.339. The van der Waals surface area contributed by atoms with E-state index < -0.39 is 6.16 Å². The van der Waals surface area contributed by atoms with Gasteiger partial charge in [-0.25, -0.2) is 9.68 Å². The van der Waals surface area contributed by atoms with E-state index in [1.54, 1.807) is 0 Å². The van der Waals surface area contributed by atoms with Crippen molar-refractivity contribution >= 4 is 6.16 Å². The van der Waals surface area contributed by atoms with Crippen LogP contribution in [0.3, 0.4) is 0 Å². The first-order valence-electron chi connectivity index (χ1n) is 2.07. The van der Waals surface area contributed by atoms with E-state index in [0.717, 1.165) is 0 Å². The second-order valence-corrected chi connectivity index (χ2v) is 0.990. The van der Waals surface area contributed by atoms with Crippen molar-refractivity contribution in [3.05, 3.63) is 12.7 Å². The van der Waals surface area contributed by atoms with Crippen LogP contribution in [0.4, 0.5) is 4.79 Å². The lowest BCUT2D eigenvalue weighted by atomic mass is 10.7. The molecule has 0 rings (SSSR count). The predicted octanol–water partition coefficient (Wildman–Crippen LogP) is 0.730. The Labute approximate surface area is 51.3 Å². The van der Waals surface area contributed by atoms with Crippen LogP contribution >= 0.6 is 0 Å². The van der Waals surface area contributed by atoms with E-state index >= 15 is 0 Å². The average Bonchev–Trinajstić information content (AvgIpc) is 1.80. The Morgan fingerprint density at radius 3 is 2.89 bits per heavy atom. The van der Waals surface area contributed by atoms with Crippen LogP contribution in [0.15, 0.2) is 12.7 Å². The van der Waals surface area contributed by atoms with Gasteiger partial charge < -0.3 is 5.11 Å². The van der Waals surface area contributed by atoms with Crippen LogP contribution in [-0.2, 0) is 14.8 Å². The molecule has 9 heavy (non-hydrogen) atoms. The molecule has 52 valence electrons. The summed E-state index contributed by atoms with van der Waals surface area (Å²) >= 11 is 0. The monoisotopic (exact) mass is 134 g/mol. The van der Waals surface area contributed by atoms with Gasteiger partial charge in [0.05, 0.1) is 0 Å². The predicted molar refractivity (Wildman–Crippen MR) is 26.3 cm³/mol. The van der Waals surface area contributed by atoms with Crippen molar-refractivity contribution in [2.24, 2.45) is 0 Å². The van der Waals surface area contributed by atoms with E-state index in [-0.39, 0.29) is 6.61 Å². The molecule has 0 heterocycles. The molecule has 5 heteroatoms. The summed E-state index contributed by atoms with van der Waals surface area (Å²) in [4.78, 5) is 17.1. The molecule has 0 aliphatic heterocycles. The summed E-state index contributed by atoms with van der Waals surface area (Å²) < 4.78 is 0. The Hall–Kier alpha value is -1.07. The molecule has 0 spiro atoms. The highest BCUT2D eigenvalue weighted by molar-refractivity contribution is 5.55. The van der Waals surface area contributed by atoms with Gasteiger partial charge in [-0.3, -0.25) is 0 Å². The fraction of sp³-hybridized carbons (Fsp3) is 0.250. The zero-order chi connectivity index (χ0) is 7.11. The lowest BCUT2D eigenvalue weighted by molar-refractivity contribution is -0.481. The molecule has 1 N–H and O–H groups in total. The second kappa shape index (κ2) is 5.07. The first-order chi connectivity index (χ1) is 4.27. The van der Waals surface area contributed by atoms with Gasteiger partial charge in [0, 0.05) is 0 Å². The molecule has 0 aliphatic carbocycles. The summed E-state index contributed by atoms with van der Waals surface area (Å²) in [5.74, 6) is 0. The molecule has 5 nitrogen and oxygen atoms in total. The Bertz CT molecular complexity index is 99.1. The van der Waals surface area contributed by atoms with Gasteiger partial charge in [-0.2, -0.15) is 4.89 Å². The van der Waals surface area contributed by atoms with Crippen molar-refractivity contribution in [2.45, 2.75) is 0 Å². The van der Waals surface area contributed by atoms with Crippen molar-refractivity contribution in [3.63, 3.8) is 0 Å². The lowest BCUT2D eigenvalue weighted by Crippen LogP contribution is -2.02. The van der Waals surface area contributed by atoms with Crippen LogP contribution in [0.5, 0.6) is 0 Å². The normalized spacial score (nSPS) is 8.44. The van der Waals surface area contributed by atoms with Gasteiger partial charge >= 0.3 is 6.16 Å². The van der Waals surface area contributed by atoms with E-state index in [1.807, 2.05) is 0 Å².